The number of nitrogens with zero attached hydrogens (tertiary/aromatic N) is 2. The average molecular weight is 611 g/mol. The van der Waals surface area contributed by atoms with Gasteiger partial charge >= 0.3 is 5.97 Å². The minimum absolute atomic E-state index is 0.0656. The van der Waals surface area contributed by atoms with Crippen LogP contribution in [0.2, 0.25) is 0 Å². The van der Waals surface area contributed by atoms with Crippen molar-refractivity contribution in [2.75, 3.05) is 16.3 Å². The predicted molar refractivity (Wildman–Crippen MR) is 174 cm³/mol. The van der Waals surface area contributed by atoms with Gasteiger partial charge in [0.25, 0.3) is 0 Å². The maximum absolute atomic E-state index is 14.2. The monoisotopic (exact) mass is 610 g/mol. The molecule has 9 rings (SSSR count). The van der Waals surface area contributed by atoms with Crippen LogP contribution in [0.5, 0.6) is 5.75 Å². The van der Waals surface area contributed by atoms with Gasteiger partial charge in [0.1, 0.15) is 5.75 Å². The Morgan fingerprint density at radius 2 is 1.24 bits per heavy atom. The summed E-state index contributed by atoms with van der Waals surface area (Å²) >= 11 is 0. The highest BCUT2D eigenvalue weighted by atomic mass is 16.5. The Morgan fingerprint density at radius 1 is 0.717 bits per heavy atom. The Morgan fingerprint density at radius 3 is 1.76 bits per heavy atom. The van der Waals surface area contributed by atoms with Crippen molar-refractivity contribution in [2.24, 2.45) is 17.8 Å². The molecule has 0 N–H and O–H groups in total. The van der Waals surface area contributed by atoms with Crippen molar-refractivity contribution >= 4 is 35.1 Å². The molecule has 2 bridgehead atoms. The van der Waals surface area contributed by atoms with Gasteiger partial charge in [0, 0.05) is 36.6 Å². The van der Waals surface area contributed by atoms with Crippen LogP contribution in [0.4, 0.5) is 11.4 Å². The maximum Gasteiger partial charge on any atom is 0.316 e. The van der Waals surface area contributed by atoms with E-state index in [1.54, 1.807) is 29.2 Å². The van der Waals surface area contributed by atoms with Crippen molar-refractivity contribution in [1.82, 2.24) is 0 Å². The first kappa shape index (κ1) is 28.4. The summed E-state index contributed by atoms with van der Waals surface area (Å²) in [6.07, 6.45) is 1.63. The van der Waals surface area contributed by atoms with Crippen LogP contribution in [0.3, 0.4) is 0 Å². The second kappa shape index (κ2) is 10.8. The summed E-state index contributed by atoms with van der Waals surface area (Å²) in [7, 11) is 0. The Kier molecular flexibility index (Phi) is 6.67. The van der Waals surface area contributed by atoms with E-state index >= 15 is 0 Å². The largest absolute Gasteiger partial charge is 0.426 e. The molecule has 7 heteroatoms. The fourth-order valence-corrected chi connectivity index (χ4v) is 8.46. The van der Waals surface area contributed by atoms with E-state index in [2.05, 4.69) is 38.1 Å². The number of imide groups is 1. The lowest BCUT2D eigenvalue weighted by Gasteiger charge is -2.45. The Bertz CT molecular complexity index is 1810. The number of esters is 1. The number of carbonyl (C=O) groups is 4. The zero-order valence-electron chi connectivity index (χ0n) is 25.8. The number of rotatable bonds is 6. The van der Waals surface area contributed by atoms with Crippen molar-refractivity contribution in [2.45, 2.75) is 44.9 Å². The topological polar surface area (TPSA) is 84.0 Å². The van der Waals surface area contributed by atoms with Crippen molar-refractivity contribution in [1.29, 1.82) is 0 Å². The molecule has 0 saturated carbocycles. The average Bonchev–Trinajstić information content (AvgIpc) is 3.60. The predicted octanol–water partition coefficient (Wildman–Crippen LogP) is 6.17. The SMILES string of the molecule is CCc1cccc(CC)c1N1C[C@H](C(=O)Oc2cccc(N3C(=O)[C@H]4C5c6ccccc6C(c6ccccc65)[C@@H]4C3=O)c2)CC1=O. The summed E-state index contributed by atoms with van der Waals surface area (Å²) in [5.41, 5.74) is 7.91. The van der Waals surface area contributed by atoms with Gasteiger partial charge in [-0.05, 0) is 58.4 Å². The number of para-hydroxylation sites is 1. The van der Waals surface area contributed by atoms with Crippen molar-refractivity contribution in [3.63, 3.8) is 0 Å². The van der Waals surface area contributed by atoms with Crippen LogP contribution in [0.25, 0.3) is 0 Å². The first-order chi connectivity index (χ1) is 22.4. The first-order valence-corrected chi connectivity index (χ1v) is 16.2. The van der Waals surface area contributed by atoms with E-state index in [0.29, 0.717) is 5.69 Å². The molecular formula is C39H34N2O5. The van der Waals surface area contributed by atoms with Gasteiger partial charge < -0.3 is 9.64 Å². The molecular weight excluding hydrogens is 576 g/mol. The van der Waals surface area contributed by atoms with Crippen molar-refractivity contribution in [3.8, 4) is 5.75 Å². The van der Waals surface area contributed by atoms with E-state index in [1.807, 2.05) is 42.5 Å². The third kappa shape index (κ3) is 4.10. The quantitative estimate of drug-likeness (QED) is 0.148. The molecule has 4 aromatic carbocycles. The lowest BCUT2D eigenvalue weighted by molar-refractivity contribution is -0.139. The fourth-order valence-electron chi connectivity index (χ4n) is 8.46. The van der Waals surface area contributed by atoms with Crippen LogP contribution in [0, 0.1) is 17.8 Å². The minimum atomic E-state index is -0.628. The van der Waals surface area contributed by atoms with Gasteiger partial charge in [-0.2, -0.15) is 0 Å². The molecule has 0 spiro atoms. The summed E-state index contributed by atoms with van der Waals surface area (Å²) in [5, 5.41) is 0. The molecule has 0 aromatic heterocycles. The third-order valence-electron chi connectivity index (χ3n) is 10.4. The second-order valence-electron chi connectivity index (χ2n) is 12.7. The van der Waals surface area contributed by atoms with E-state index in [1.165, 1.54) is 4.90 Å². The molecule has 2 fully saturated rings. The van der Waals surface area contributed by atoms with Crippen LogP contribution in [-0.4, -0.2) is 30.2 Å². The summed E-state index contributed by atoms with van der Waals surface area (Å²) in [5.74, 6) is -2.83. The molecule has 2 heterocycles. The molecule has 46 heavy (non-hydrogen) atoms. The molecule has 0 unspecified atom stereocenters. The number of carbonyl (C=O) groups excluding carboxylic acids is 4. The highest BCUT2D eigenvalue weighted by molar-refractivity contribution is 6.23. The molecule has 5 aliphatic rings. The Hall–Kier alpha value is -5.04. The maximum atomic E-state index is 14.2. The first-order valence-electron chi connectivity index (χ1n) is 16.2. The highest BCUT2D eigenvalue weighted by Crippen LogP contribution is 2.61. The van der Waals surface area contributed by atoms with Crippen LogP contribution >= 0.6 is 0 Å². The number of hydrogen-bond acceptors (Lipinski definition) is 5. The number of amides is 3. The summed E-state index contributed by atoms with van der Waals surface area (Å²) in [6, 6.07) is 29.0. The molecule has 2 aliphatic heterocycles. The van der Waals surface area contributed by atoms with Crippen LogP contribution < -0.4 is 14.5 Å². The van der Waals surface area contributed by atoms with Crippen LogP contribution in [-0.2, 0) is 32.0 Å². The van der Waals surface area contributed by atoms with Gasteiger partial charge in [-0.1, -0.05) is 86.6 Å². The smallest absolute Gasteiger partial charge is 0.316 e. The lowest BCUT2D eigenvalue weighted by atomic mass is 9.55. The zero-order valence-corrected chi connectivity index (χ0v) is 25.8. The lowest BCUT2D eigenvalue weighted by Crippen LogP contribution is -2.41. The molecule has 3 aliphatic carbocycles. The third-order valence-corrected chi connectivity index (χ3v) is 10.4. The molecule has 7 nitrogen and oxygen atoms in total. The standard InChI is InChI=1S/C39H34N2O5/c1-3-22-11-9-12-23(4-2)36(22)40-21-24(19-31(40)42)39(45)46-26-14-10-13-25(20-26)41-37(43)34-32-27-15-5-6-16-28(27)33(35(34)38(41)44)30-18-8-7-17-29(30)32/h5-18,20,24,32-35H,3-4,19,21H2,1-2H3/t24-,32?,33?,34+,35+/m1/s1. The van der Waals surface area contributed by atoms with Gasteiger partial charge in [-0.25, -0.2) is 4.90 Å². The van der Waals surface area contributed by atoms with E-state index in [0.717, 1.165) is 51.9 Å². The molecule has 3 amide bonds. The summed E-state index contributed by atoms with van der Waals surface area (Å²) < 4.78 is 5.82. The molecule has 230 valence electrons. The number of aryl methyl sites for hydroxylation is 2. The summed E-state index contributed by atoms with van der Waals surface area (Å²) in [6.45, 7) is 4.37. The molecule has 3 atom stereocenters. The Labute approximate surface area is 267 Å². The Balaban J connectivity index is 1.05. The van der Waals surface area contributed by atoms with Gasteiger partial charge in [-0.3, -0.25) is 19.2 Å². The number of hydrogen-bond donors (Lipinski definition) is 0. The fraction of sp³-hybridized carbons (Fsp3) is 0.282. The van der Waals surface area contributed by atoms with Crippen LogP contribution in [0.1, 0.15) is 65.5 Å². The number of benzene rings is 4. The van der Waals surface area contributed by atoms with Gasteiger partial charge in [-0.15, -0.1) is 0 Å². The van der Waals surface area contributed by atoms with Crippen molar-refractivity contribution < 1.29 is 23.9 Å². The molecule has 0 radical (unpaired) electrons. The van der Waals surface area contributed by atoms with Gasteiger partial charge in [0.15, 0.2) is 0 Å². The van der Waals surface area contributed by atoms with E-state index in [-0.39, 0.29) is 48.3 Å². The highest BCUT2D eigenvalue weighted by Gasteiger charge is 2.61. The van der Waals surface area contributed by atoms with E-state index in [4.69, 9.17) is 4.74 Å². The van der Waals surface area contributed by atoms with Crippen molar-refractivity contribution in [3.05, 3.63) is 124 Å². The van der Waals surface area contributed by atoms with Crippen LogP contribution in [0.15, 0.2) is 91.0 Å². The van der Waals surface area contributed by atoms with E-state index < -0.39 is 23.7 Å². The van der Waals surface area contributed by atoms with Gasteiger partial charge in [0.2, 0.25) is 17.7 Å². The number of ether oxygens (including phenoxy) is 1. The normalized spacial score (nSPS) is 24.2. The molecule has 4 aromatic rings. The van der Waals surface area contributed by atoms with Gasteiger partial charge in [0.05, 0.1) is 23.4 Å². The van der Waals surface area contributed by atoms with E-state index in [9.17, 15) is 19.2 Å². The molecule has 2 saturated heterocycles. The second-order valence-corrected chi connectivity index (χ2v) is 12.7. The minimum Gasteiger partial charge on any atom is -0.426 e. The number of anilines is 2. The summed E-state index contributed by atoms with van der Waals surface area (Å²) in [4.78, 5) is 57.9. The zero-order chi connectivity index (χ0) is 31.7.